The van der Waals surface area contributed by atoms with Crippen molar-refractivity contribution in [3.8, 4) is 0 Å². The molecule has 1 amide bonds. The molecule has 66 valence electrons. The van der Waals surface area contributed by atoms with Crippen LogP contribution in [0, 0.1) is 0 Å². The largest absolute Gasteiger partial charge is 0.320 e. The number of amides is 1. The molecule has 0 unspecified atom stereocenters. The van der Waals surface area contributed by atoms with Crippen LogP contribution in [0.4, 0.5) is 0 Å². The number of rotatable bonds is 2. The summed E-state index contributed by atoms with van der Waals surface area (Å²) in [6.07, 6.45) is 3.35. The molecule has 0 fully saturated rings. The topological polar surface area (TPSA) is 72.5 Å². The van der Waals surface area contributed by atoms with Crippen molar-refractivity contribution in [3.63, 3.8) is 0 Å². The van der Waals surface area contributed by atoms with Gasteiger partial charge < -0.3 is 5.73 Å². The fraction of sp³-hybridized carbons (Fsp3) is 0.833. The third-order valence-electron chi connectivity index (χ3n) is 1.07. The molecule has 0 heterocycles. The van der Waals surface area contributed by atoms with Crippen LogP contribution in [0.3, 0.4) is 0 Å². The van der Waals surface area contributed by atoms with Gasteiger partial charge in [-0.05, 0) is 6.42 Å². The highest BCUT2D eigenvalue weighted by Crippen LogP contribution is 1.93. The van der Waals surface area contributed by atoms with Crippen molar-refractivity contribution in [1.29, 1.82) is 0 Å². The van der Waals surface area contributed by atoms with E-state index in [0.717, 1.165) is 0 Å². The first-order chi connectivity index (χ1) is 4.87. The second kappa shape index (κ2) is 3.82. The van der Waals surface area contributed by atoms with Gasteiger partial charge in [0.2, 0.25) is 0 Å². The van der Waals surface area contributed by atoms with Crippen LogP contribution in [0.2, 0.25) is 0 Å². The molecule has 11 heavy (non-hydrogen) atoms. The number of hydrogen-bond acceptors (Lipinski definition) is 3. The van der Waals surface area contributed by atoms with E-state index in [1.54, 1.807) is 6.92 Å². The van der Waals surface area contributed by atoms with E-state index < -0.39 is 21.7 Å². The fourth-order valence-electron chi connectivity index (χ4n) is 0.459. The van der Waals surface area contributed by atoms with E-state index in [0.29, 0.717) is 6.42 Å². The number of carbonyl (C=O) groups excluding carboxylic acids is 1. The first-order valence-electron chi connectivity index (χ1n) is 3.33. The van der Waals surface area contributed by atoms with Crippen LogP contribution in [0.5, 0.6) is 0 Å². The normalized spacial score (nSPS) is 14.2. The molecule has 0 aromatic rings. The average molecular weight is 178 g/mol. The molecule has 0 saturated carbocycles. The van der Waals surface area contributed by atoms with E-state index in [1.807, 2.05) is 0 Å². The highest BCUT2D eigenvalue weighted by atomic mass is 32.2. The summed E-state index contributed by atoms with van der Waals surface area (Å²) in [7, 11) is -2.33. The fourth-order valence-corrected chi connectivity index (χ4v) is 1.03. The predicted molar refractivity (Wildman–Crippen MR) is 45.7 cm³/mol. The summed E-state index contributed by atoms with van der Waals surface area (Å²) in [6, 6.07) is -0.601. The third kappa shape index (κ3) is 4.92. The Labute approximate surface area is 67.3 Å². The molecule has 0 aliphatic heterocycles. The highest BCUT2D eigenvalue weighted by molar-refractivity contribution is 7.92. The summed E-state index contributed by atoms with van der Waals surface area (Å²) in [5, 5.41) is 0. The van der Waals surface area contributed by atoms with Gasteiger partial charge in [-0.3, -0.25) is 4.79 Å². The molecule has 0 saturated heterocycles. The summed E-state index contributed by atoms with van der Waals surface area (Å²) in [5.41, 5.74) is 5.35. The van der Waals surface area contributed by atoms with Crippen LogP contribution in [0.15, 0.2) is 4.36 Å². The van der Waals surface area contributed by atoms with Gasteiger partial charge in [0.05, 0.1) is 6.04 Å². The van der Waals surface area contributed by atoms with Crippen LogP contribution in [0.25, 0.3) is 0 Å². The zero-order chi connectivity index (χ0) is 9.07. The Hall–Kier alpha value is -0.420. The molecular weight excluding hydrogens is 164 g/mol. The van der Waals surface area contributed by atoms with Crippen molar-refractivity contribution < 1.29 is 9.00 Å². The molecule has 0 aromatic carbocycles. The average Bonchev–Trinajstić information content (AvgIpc) is 1.82. The summed E-state index contributed by atoms with van der Waals surface area (Å²) in [4.78, 5) is 10.9. The molecule has 5 heteroatoms. The maximum absolute atomic E-state index is 11.0. The van der Waals surface area contributed by atoms with Crippen molar-refractivity contribution in [1.82, 2.24) is 0 Å². The monoisotopic (exact) mass is 178 g/mol. The standard InChI is InChI=1S/C6H14N2O2S/c1-4-5(7)6(9)8-11(2,3)10/h5H,4,7H2,1-3H3/t5-/m0/s1. The quantitative estimate of drug-likeness (QED) is 0.645. The number of carbonyl (C=O) groups is 1. The van der Waals surface area contributed by atoms with Gasteiger partial charge in [-0.15, -0.1) is 0 Å². The van der Waals surface area contributed by atoms with Crippen molar-refractivity contribution >= 4 is 15.6 Å². The van der Waals surface area contributed by atoms with E-state index in [9.17, 15) is 9.00 Å². The van der Waals surface area contributed by atoms with Gasteiger partial charge in [0.25, 0.3) is 5.91 Å². The second-order valence-corrected chi connectivity index (χ2v) is 5.17. The molecule has 0 bridgehead atoms. The minimum absolute atomic E-state index is 0.470. The van der Waals surface area contributed by atoms with Crippen LogP contribution < -0.4 is 5.73 Å². The van der Waals surface area contributed by atoms with Gasteiger partial charge in [0, 0.05) is 22.2 Å². The lowest BCUT2D eigenvalue weighted by molar-refractivity contribution is -0.118. The zero-order valence-electron chi connectivity index (χ0n) is 7.03. The van der Waals surface area contributed by atoms with E-state index in [1.165, 1.54) is 12.5 Å². The lowest BCUT2D eigenvalue weighted by atomic mass is 10.2. The molecule has 0 spiro atoms. The van der Waals surface area contributed by atoms with Gasteiger partial charge >= 0.3 is 0 Å². The summed E-state index contributed by atoms with van der Waals surface area (Å²) >= 11 is 0. The number of nitrogens with two attached hydrogens (primary N) is 1. The van der Waals surface area contributed by atoms with Crippen LogP contribution in [-0.2, 0) is 14.5 Å². The van der Waals surface area contributed by atoms with Gasteiger partial charge in [0.15, 0.2) is 0 Å². The molecular formula is C6H14N2O2S. The van der Waals surface area contributed by atoms with Crippen molar-refractivity contribution in [3.05, 3.63) is 0 Å². The van der Waals surface area contributed by atoms with Gasteiger partial charge in [-0.1, -0.05) is 6.92 Å². The first-order valence-corrected chi connectivity index (χ1v) is 5.66. The van der Waals surface area contributed by atoms with Crippen molar-refractivity contribution in [2.75, 3.05) is 12.5 Å². The SMILES string of the molecule is CC[C@H](N)C(=O)N=S(C)(C)=O. The Bertz CT molecular complexity index is 245. The molecule has 2 N–H and O–H groups in total. The first kappa shape index (κ1) is 10.6. The third-order valence-corrected chi connectivity index (χ3v) is 1.69. The van der Waals surface area contributed by atoms with E-state index in [-0.39, 0.29) is 0 Å². The Morgan fingerprint density at radius 2 is 2.09 bits per heavy atom. The molecule has 1 atom stereocenters. The zero-order valence-corrected chi connectivity index (χ0v) is 7.85. The van der Waals surface area contributed by atoms with Crippen LogP contribution in [0.1, 0.15) is 13.3 Å². The molecule has 4 nitrogen and oxygen atoms in total. The minimum atomic E-state index is -2.33. The molecule has 0 aliphatic rings. The summed E-state index contributed by atoms with van der Waals surface area (Å²) in [6.45, 7) is 1.78. The van der Waals surface area contributed by atoms with Gasteiger partial charge in [-0.2, -0.15) is 4.36 Å². The molecule has 0 radical (unpaired) electrons. The Kier molecular flexibility index (Phi) is 3.68. The predicted octanol–water partition coefficient (Wildman–Crippen LogP) is -0.0221. The maximum Gasteiger partial charge on any atom is 0.270 e. The van der Waals surface area contributed by atoms with E-state index >= 15 is 0 Å². The summed E-state index contributed by atoms with van der Waals surface area (Å²) in [5.74, 6) is -0.470. The number of nitrogens with zero attached hydrogens (tertiary/aromatic N) is 1. The maximum atomic E-state index is 11.0. The lowest BCUT2D eigenvalue weighted by Crippen LogP contribution is -2.28. The lowest BCUT2D eigenvalue weighted by Gasteiger charge is -2.02. The minimum Gasteiger partial charge on any atom is -0.320 e. The molecule has 0 aliphatic carbocycles. The molecule has 0 aromatic heterocycles. The summed E-state index contributed by atoms with van der Waals surface area (Å²) < 4.78 is 14.4. The van der Waals surface area contributed by atoms with Crippen molar-refractivity contribution in [2.45, 2.75) is 19.4 Å². The Balaban J connectivity index is 4.44. The Morgan fingerprint density at radius 3 is 2.36 bits per heavy atom. The number of hydrogen-bond donors (Lipinski definition) is 1. The second-order valence-electron chi connectivity index (χ2n) is 2.63. The van der Waals surface area contributed by atoms with Crippen LogP contribution in [-0.4, -0.2) is 28.7 Å². The highest BCUT2D eigenvalue weighted by Gasteiger charge is 2.10. The van der Waals surface area contributed by atoms with E-state index in [4.69, 9.17) is 5.73 Å². The van der Waals surface area contributed by atoms with Gasteiger partial charge in [0.1, 0.15) is 0 Å². The molecule has 0 rings (SSSR count). The van der Waals surface area contributed by atoms with Crippen LogP contribution >= 0.6 is 0 Å². The van der Waals surface area contributed by atoms with Gasteiger partial charge in [-0.25, -0.2) is 4.21 Å². The van der Waals surface area contributed by atoms with E-state index in [2.05, 4.69) is 4.36 Å². The smallest absolute Gasteiger partial charge is 0.270 e. The van der Waals surface area contributed by atoms with Crippen molar-refractivity contribution in [2.24, 2.45) is 10.1 Å². The Morgan fingerprint density at radius 1 is 1.64 bits per heavy atom.